The molecular formula is C16H23NO2. The normalized spacial score (nSPS) is 17.4. The van der Waals surface area contributed by atoms with E-state index in [0.717, 1.165) is 44.5 Å². The second-order valence-electron chi connectivity index (χ2n) is 5.49. The van der Waals surface area contributed by atoms with Gasteiger partial charge in [-0.1, -0.05) is 6.07 Å². The average Bonchev–Trinajstić information content (AvgIpc) is 2.38. The fraction of sp³-hybridized carbons (Fsp3) is 0.562. The predicted molar refractivity (Wildman–Crippen MR) is 76.6 cm³/mol. The smallest absolute Gasteiger partial charge is 0.123 e. The van der Waals surface area contributed by atoms with Crippen LogP contribution in [-0.2, 0) is 4.79 Å². The highest BCUT2D eigenvalue weighted by Crippen LogP contribution is 2.17. The summed E-state index contributed by atoms with van der Waals surface area (Å²) in [7, 11) is 0. The van der Waals surface area contributed by atoms with Crippen LogP contribution in [0.3, 0.4) is 0 Å². The highest BCUT2D eigenvalue weighted by atomic mass is 16.5. The second kappa shape index (κ2) is 6.71. The molecule has 0 amide bonds. The van der Waals surface area contributed by atoms with Crippen LogP contribution < -0.4 is 4.74 Å². The largest absolute Gasteiger partial charge is 0.492 e. The first kappa shape index (κ1) is 14.1. The molecular weight excluding hydrogens is 238 g/mol. The number of likely N-dealkylation sites (tertiary alicyclic amines) is 1. The maximum atomic E-state index is 10.7. The third-order valence-electron chi connectivity index (χ3n) is 3.70. The van der Waals surface area contributed by atoms with Gasteiger partial charge in [0, 0.05) is 12.5 Å². The Bertz CT molecular complexity index is 403. The van der Waals surface area contributed by atoms with Crippen LogP contribution in [0.15, 0.2) is 18.2 Å². The topological polar surface area (TPSA) is 29.5 Å². The van der Waals surface area contributed by atoms with E-state index in [0.29, 0.717) is 6.61 Å². The zero-order valence-electron chi connectivity index (χ0n) is 11.9. The van der Waals surface area contributed by atoms with Crippen LogP contribution in [0.1, 0.15) is 24.0 Å². The van der Waals surface area contributed by atoms with Gasteiger partial charge < -0.3 is 9.53 Å². The maximum absolute atomic E-state index is 10.7. The van der Waals surface area contributed by atoms with Crippen molar-refractivity contribution in [3.8, 4) is 5.75 Å². The molecule has 3 nitrogen and oxygen atoms in total. The lowest BCUT2D eigenvalue weighted by Crippen LogP contribution is -2.36. The van der Waals surface area contributed by atoms with Crippen LogP contribution >= 0.6 is 0 Å². The summed E-state index contributed by atoms with van der Waals surface area (Å²) in [6.07, 6.45) is 3.09. The van der Waals surface area contributed by atoms with Crippen molar-refractivity contribution in [3.05, 3.63) is 29.3 Å². The molecule has 0 saturated carbocycles. The quantitative estimate of drug-likeness (QED) is 0.763. The molecule has 1 fully saturated rings. The average molecular weight is 261 g/mol. The van der Waals surface area contributed by atoms with Crippen LogP contribution in [0.2, 0.25) is 0 Å². The first-order chi connectivity index (χ1) is 9.17. The lowest BCUT2D eigenvalue weighted by Gasteiger charge is -2.29. The molecule has 0 aliphatic carbocycles. The number of rotatable bonds is 5. The molecule has 3 heteroatoms. The van der Waals surface area contributed by atoms with Crippen molar-refractivity contribution in [1.29, 1.82) is 0 Å². The van der Waals surface area contributed by atoms with Crippen LogP contribution in [-0.4, -0.2) is 37.4 Å². The van der Waals surface area contributed by atoms with Gasteiger partial charge in [0.15, 0.2) is 0 Å². The van der Waals surface area contributed by atoms with Crippen molar-refractivity contribution in [2.24, 2.45) is 5.92 Å². The van der Waals surface area contributed by atoms with Crippen molar-refractivity contribution in [2.45, 2.75) is 26.7 Å². The number of aryl methyl sites for hydroxylation is 2. The molecule has 0 aromatic heterocycles. The summed E-state index contributed by atoms with van der Waals surface area (Å²) in [4.78, 5) is 13.1. The maximum Gasteiger partial charge on any atom is 0.123 e. The van der Waals surface area contributed by atoms with E-state index >= 15 is 0 Å². The minimum absolute atomic E-state index is 0.275. The molecule has 1 aromatic rings. The number of ether oxygens (including phenoxy) is 1. The third kappa shape index (κ3) is 4.35. The van der Waals surface area contributed by atoms with E-state index in [9.17, 15) is 4.79 Å². The van der Waals surface area contributed by atoms with Gasteiger partial charge in [0.1, 0.15) is 18.6 Å². The number of hydrogen-bond donors (Lipinski definition) is 0. The SMILES string of the molecule is Cc1cc(C)cc(OCCN2CCC(C=O)CC2)c1. The van der Waals surface area contributed by atoms with Crippen molar-refractivity contribution in [2.75, 3.05) is 26.2 Å². The molecule has 0 atom stereocenters. The summed E-state index contributed by atoms with van der Waals surface area (Å²) in [5.41, 5.74) is 2.48. The first-order valence-electron chi connectivity index (χ1n) is 7.06. The standard InChI is InChI=1S/C16H23NO2/c1-13-9-14(2)11-16(10-13)19-8-7-17-5-3-15(12-18)4-6-17/h9-12,15H,3-8H2,1-2H3. The van der Waals surface area contributed by atoms with E-state index < -0.39 is 0 Å². The number of piperidine rings is 1. The van der Waals surface area contributed by atoms with Gasteiger partial charge in [-0.3, -0.25) is 4.90 Å². The number of benzene rings is 1. The van der Waals surface area contributed by atoms with E-state index in [1.165, 1.54) is 11.1 Å². The first-order valence-corrected chi connectivity index (χ1v) is 7.06. The van der Waals surface area contributed by atoms with Gasteiger partial charge in [-0.05, 0) is 63.0 Å². The Morgan fingerprint density at radius 2 is 1.84 bits per heavy atom. The molecule has 0 radical (unpaired) electrons. The molecule has 0 bridgehead atoms. The Balaban J connectivity index is 1.73. The van der Waals surface area contributed by atoms with Gasteiger partial charge in [-0.15, -0.1) is 0 Å². The fourth-order valence-corrected chi connectivity index (χ4v) is 2.62. The molecule has 1 heterocycles. The molecule has 0 unspecified atom stereocenters. The fourth-order valence-electron chi connectivity index (χ4n) is 2.62. The number of nitrogens with zero attached hydrogens (tertiary/aromatic N) is 1. The van der Waals surface area contributed by atoms with Crippen molar-refractivity contribution in [3.63, 3.8) is 0 Å². The number of carbonyl (C=O) groups is 1. The van der Waals surface area contributed by atoms with Crippen molar-refractivity contribution >= 4 is 6.29 Å². The molecule has 2 rings (SSSR count). The van der Waals surface area contributed by atoms with E-state index in [1.54, 1.807) is 0 Å². The minimum Gasteiger partial charge on any atom is -0.492 e. The number of carbonyl (C=O) groups excluding carboxylic acids is 1. The molecule has 19 heavy (non-hydrogen) atoms. The summed E-state index contributed by atoms with van der Waals surface area (Å²) in [5.74, 6) is 1.23. The molecule has 0 spiro atoms. The zero-order chi connectivity index (χ0) is 13.7. The second-order valence-corrected chi connectivity index (χ2v) is 5.49. The van der Waals surface area contributed by atoms with E-state index in [1.807, 2.05) is 0 Å². The molecule has 0 N–H and O–H groups in total. The Kier molecular flexibility index (Phi) is 4.97. The van der Waals surface area contributed by atoms with Crippen LogP contribution in [0.25, 0.3) is 0 Å². The van der Waals surface area contributed by atoms with Crippen LogP contribution in [0, 0.1) is 19.8 Å². The van der Waals surface area contributed by atoms with Gasteiger partial charge in [0.05, 0.1) is 0 Å². The molecule has 104 valence electrons. The van der Waals surface area contributed by atoms with Crippen LogP contribution in [0.4, 0.5) is 0 Å². The Hall–Kier alpha value is -1.35. The van der Waals surface area contributed by atoms with Crippen molar-refractivity contribution in [1.82, 2.24) is 4.90 Å². The minimum atomic E-state index is 0.275. The summed E-state index contributed by atoms with van der Waals surface area (Å²) in [5, 5.41) is 0. The summed E-state index contributed by atoms with van der Waals surface area (Å²) in [6, 6.07) is 6.30. The lowest BCUT2D eigenvalue weighted by atomic mass is 9.99. The molecule has 1 aromatic carbocycles. The highest BCUT2D eigenvalue weighted by Gasteiger charge is 2.17. The Morgan fingerprint density at radius 1 is 1.21 bits per heavy atom. The number of aldehydes is 1. The molecule has 1 aliphatic rings. The van der Waals surface area contributed by atoms with E-state index in [2.05, 4.69) is 36.9 Å². The summed E-state index contributed by atoms with van der Waals surface area (Å²) in [6.45, 7) is 7.86. The lowest BCUT2D eigenvalue weighted by molar-refractivity contribution is -0.112. The molecule has 1 saturated heterocycles. The summed E-state index contributed by atoms with van der Waals surface area (Å²) >= 11 is 0. The zero-order valence-corrected chi connectivity index (χ0v) is 11.9. The predicted octanol–water partition coefficient (Wildman–Crippen LogP) is 2.59. The van der Waals surface area contributed by atoms with Gasteiger partial charge >= 0.3 is 0 Å². The van der Waals surface area contributed by atoms with Crippen molar-refractivity contribution < 1.29 is 9.53 Å². The molecule has 1 aliphatic heterocycles. The van der Waals surface area contributed by atoms with Gasteiger partial charge in [-0.2, -0.15) is 0 Å². The Morgan fingerprint density at radius 3 is 2.42 bits per heavy atom. The van der Waals surface area contributed by atoms with Gasteiger partial charge in [0.25, 0.3) is 0 Å². The van der Waals surface area contributed by atoms with Gasteiger partial charge in [-0.25, -0.2) is 0 Å². The highest BCUT2D eigenvalue weighted by molar-refractivity contribution is 5.53. The Labute approximate surface area is 115 Å². The van der Waals surface area contributed by atoms with Gasteiger partial charge in [0.2, 0.25) is 0 Å². The van der Waals surface area contributed by atoms with E-state index in [-0.39, 0.29) is 5.92 Å². The van der Waals surface area contributed by atoms with E-state index in [4.69, 9.17) is 4.74 Å². The summed E-state index contributed by atoms with van der Waals surface area (Å²) < 4.78 is 5.81. The monoisotopic (exact) mass is 261 g/mol. The third-order valence-corrected chi connectivity index (χ3v) is 3.70. The van der Waals surface area contributed by atoms with Crippen LogP contribution in [0.5, 0.6) is 5.75 Å². The number of hydrogen-bond acceptors (Lipinski definition) is 3.